The molecule has 138 valence electrons. The maximum absolute atomic E-state index is 12.3. The van der Waals surface area contributed by atoms with Crippen LogP contribution in [0, 0.1) is 0 Å². The van der Waals surface area contributed by atoms with Crippen molar-refractivity contribution in [1.29, 1.82) is 0 Å². The van der Waals surface area contributed by atoms with Crippen molar-refractivity contribution in [3.05, 3.63) is 59.2 Å². The molecule has 9 heteroatoms. The van der Waals surface area contributed by atoms with Crippen LogP contribution in [0.4, 0.5) is 8.78 Å². The van der Waals surface area contributed by atoms with Crippen LogP contribution in [0.5, 0.6) is 5.75 Å². The van der Waals surface area contributed by atoms with E-state index < -0.39 is 16.6 Å². The molecule has 0 spiro atoms. The molecule has 26 heavy (non-hydrogen) atoms. The third-order valence-electron chi connectivity index (χ3n) is 3.79. The molecule has 0 aliphatic heterocycles. The van der Waals surface area contributed by atoms with Crippen molar-refractivity contribution < 1.29 is 21.9 Å². The van der Waals surface area contributed by atoms with Crippen LogP contribution >= 0.6 is 11.6 Å². The van der Waals surface area contributed by atoms with E-state index in [9.17, 15) is 17.2 Å². The number of hydrogen-bond acceptors (Lipinski definition) is 3. The molecule has 3 aromatic rings. The summed E-state index contributed by atoms with van der Waals surface area (Å²) < 4.78 is 55.8. The first kappa shape index (κ1) is 18.6. The van der Waals surface area contributed by atoms with Crippen LogP contribution in [-0.2, 0) is 16.4 Å². The second kappa shape index (κ2) is 7.61. The fourth-order valence-corrected chi connectivity index (χ4v) is 3.93. The molecule has 1 aromatic heterocycles. The quantitative estimate of drug-likeness (QED) is 0.631. The molecule has 0 amide bonds. The smallest absolute Gasteiger partial charge is 0.387 e. The van der Waals surface area contributed by atoms with Crippen LogP contribution in [-0.4, -0.2) is 26.6 Å². The zero-order valence-corrected chi connectivity index (χ0v) is 14.9. The van der Waals surface area contributed by atoms with E-state index in [1.165, 1.54) is 0 Å². The van der Waals surface area contributed by atoms with Gasteiger partial charge in [-0.05, 0) is 36.2 Å². The van der Waals surface area contributed by atoms with E-state index in [0.29, 0.717) is 6.42 Å². The highest BCUT2D eigenvalue weighted by molar-refractivity contribution is 7.89. The Balaban J connectivity index is 1.68. The van der Waals surface area contributed by atoms with E-state index in [1.807, 2.05) is 30.5 Å². The highest BCUT2D eigenvalue weighted by Gasteiger charge is 2.17. The van der Waals surface area contributed by atoms with Crippen molar-refractivity contribution >= 4 is 32.5 Å². The minimum absolute atomic E-state index is 0.122. The van der Waals surface area contributed by atoms with Crippen LogP contribution in [0.15, 0.2) is 53.6 Å². The Hall–Kier alpha value is -2.16. The average molecular weight is 401 g/mol. The lowest BCUT2D eigenvalue weighted by Gasteiger charge is -2.10. The summed E-state index contributed by atoms with van der Waals surface area (Å²) in [5, 5.41) is 0.827. The second-order valence-electron chi connectivity index (χ2n) is 5.48. The third-order valence-corrected chi connectivity index (χ3v) is 5.55. The van der Waals surface area contributed by atoms with Crippen LogP contribution in [0.25, 0.3) is 10.9 Å². The summed E-state index contributed by atoms with van der Waals surface area (Å²) in [7, 11) is -3.82. The number of para-hydroxylation sites is 1. The van der Waals surface area contributed by atoms with Gasteiger partial charge in [0.2, 0.25) is 10.0 Å². The molecule has 0 atom stereocenters. The largest absolute Gasteiger partial charge is 0.433 e. The second-order valence-corrected chi connectivity index (χ2v) is 7.65. The highest BCUT2D eigenvalue weighted by atomic mass is 35.5. The number of fused-ring (bicyclic) bond motifs is 1. The van der Waals surface area contributed by atoms with Gasteiger partial charge < -0.3 is 9.72 Å². The van der Waals surface area contributed by atoms with E-state index >= 15 is 0 Å². The van der Waals surface area contributed by atoms with Crippen LogP contribution in [0.3, 0.4) is 0 Å². The lowest BCUT2D eigenvalue weighted by molar-refractivity contribution is -0.0498. The minimum Gasteiger partial charge on any atom is -0.433 e. The molecule has 2 aromatic carbocycles. The van der Waals surface area contributed by atoms with E-state index in [4.69, 9.17) is 11.6 Å². The van der Waals surface area contributed by atoms with Gasteiger partial charge in [-0.25, -0.2) is 13.1 Å². The minimum atomic E-state index is -3.82. The number of alkyl halides is 2. The van der Waals surface area contributed by atoms with E-state index in [1.54, 1.807) is 0 Å². The third kappa shape index (κ3) is 4.14. The first-order valence-corrected chi connectivity index (χ1v) is 9.52. The SMILES string of the molecule is O=S(=O)(NCCc1c[nH]c2ccccc12)c1ccc(OC(F)F)c(Cl)c1. The molecule has 5 nitrogen and oxygen atoms in total. The van der Waals surface area contributed by atoms with Gasteiger partial charge in [0.25, 0.3) is 0 Å². The van der Waals surface area contributed by atoms with Gasteiger partial charge in [-0.1, -0.05) is 29.8 Å². The molecule has 0 aliphatic rings. The van der Waals surface area contributed by atoms with Crippen LogP contribution < -0.4 is 9.46 Å². The van der Waals surface area contributed by atoms with Gasteiger partial charge in [-0.2, -0.15) is 8.78 Å². The van der Waals surface area contributed by atoms with Gasteiger partial charge in [0, 0.05) is 23.6 Å². The number of nitrogens with one attached hydrogen (secondary N) is 2. The molecule has 0 fully saturated rings. The predicted octanol–water partition coefficient (Wildman–Crippen LogP) is 3.94. The predicted molar refractivity (Wildman–Crippen MR) is 95.3 cm³/mol. The Morgan fingerprint density at radius 1 is 1.19 bits per heavy atom. The molecule has 2 N–H and O–H groups in total. The topological polar surface area (TPSA) is 71.2 Å². The molecule has 0 unspecified atom stereocenters. The Morgan fingerprint density at radius 3 is 2.69 bits per heavy atom. The number of halogens is 3. The molecule has 0 saturated heterocycles. The zero-order chi connectivity index (χ0) is 18.7. The number of aromatic amines is 1. The van der Waals surface area contributed by atoms with Crippen molar-refractivity contribution in [2.45, 2.75) is 17.9 Å². The number of benzene rings is 2. The van der Waals surface area contributed by atoms with E-state index in [-0.39, 0.29) is 22.2 Å². The molecular formula is C17H15ClF2N2O3S. The summed E-state index contributed by atoms with van der Waals surface area (Å²) >= 11 is 5.81. The van der Waals surface area contributed by atoms with Crippen molar-refractivity contribution in [3.63, 3.8) is 0 Å². The van der Waals surface area contributed by atoms with Gasteiger partial charge in [-0.3, -0.25) is 0 Å². The number of sulfonamides is 1. The van der Waals surface area contributed by atoms with Crippen LogP contribution in [0.1, 0.15) is 5.56 Å². The van der Waals surface area contributed by atoms with Gasteiger partial charge in [0.05, 0.1) is 9.92 Å². The lowest BCUT2D eigenvalue weighted by Crippen LogP contribution is -2.26. The van der Waals surface area contributed by atoms with Crippen molar-refractivity contribution in [1.82, 2.24) is 9.71 Å². The molecule has 0 radical (unpaired) electrons. The molecule has 1 heterocycles. The Morgan fingerprint density at radius 2 is 1.96 bits per heavy atom. The number of hydrogen-bond donors (Lipinski definition) is 2. The normalized spacial score (nSPS) is 12.0. The lowest BCUT2D eigenvalue weighted by atomic mass is 10.1. The van der Waals surface area contributed by atoms with Crippen LogP contribution in [0.2, 0.25) is 5.02 Å². The highest BCUT2D eigenvalue weighted by Crippen LogP contribution is 2.28. The Labute approximate surface area is 154 Å². The summed E-state index contributed by atoms with van der Waals surface area (Å²) in [6.07, 6.45) is 2.33. The van der Waals surface area contributed by atoms with Gasteiger partial charge in [0.1, 0.15) is 5.75 Å². The Bertz CT molecular complexity index is 1020. The summed E-state index contributed by atoms with van der Waals surface area (Å²) in [5.74, 6) is -0.278. The summed E-state index contributed by atoms with van der Waals surface area (Å²) in [6.45, 7) is -2.86. The monoisotopic (exact) mass is 400 g/mol. The van der Waals surface area contributed by atoms with Crippen molar-refractivity contribution in [3.8, 4) is 5.75 Å². The molecule has 0 aliphatic carbocycles. The first-order valence-electron chi connectivity index (χ1n) is 7.66. The number of ether oxygens (including phenoxy) is 1. The molecule has 0 bridgehead atoms. The van der Waals surface area contributed by atoms with Gasteiger partial charge >= 0.3 is 6.61 Å². The van der Waals surface area contributed by atoms with Gasteiger partial charge in [0.15, 0.2) is 0 Å². The number of H-pyrrole nitrogens is 1. The maximum atomic E-state index is 12.3. The van der Waals surface area contributed by atoms with Gasteiger partial charge in [-0.15, -0.1) is 0 Å². The molecule has 3 rings (SSSR count). The number of aromatic nitrogens is 1. The average Bonchev–Trinajstić information content (AvgIpc) is 2.99. The van der Waals surface area contributed by atoms with E-state index in [2.05, 4.69) is 14.4 Å². The Kier molecular flexibility index (Phi) is 5.45. The molecule has 0 saturated carbocycles. The fraction of sp³-hybridized carbons (Fsp3) is 0.176. The van der Waals surface area contributed by atoms with Crippen molar-refractivity contribution in [2.75, 3.05) is 6.54 Å². The van der Waals surface area contributed by atoms with Crippen molar-refractivity contribution in [2.24, 2.45) is 0 Å². The first-order chi connectivity index (χ1) is 12.4. The van der Waals surface area contributed by atoms with E-state index in [0.717, 1.165) is 34.7 Å². The standard InChI is InChI=1S/C17H15ClF2N2O3S/c18-14-9-12(5-6-16(14)25-17(19)20)26(23,24)22-8-7-11-10-21-15-4-2-1-3-13(11)15/h1-6,9-10,17,21-22H,7-8H2. The summed E-state index contributed by atoms with van der Waals surface area (Å²) in [5.41, 5.74) is 1.97. The zero-order valence-electron chi connectivity index (χ0n) is 13.4. The maximum Gasteiger partial charge on any atom is 0.387 e. The molecular weight excluding hydrogens is 386 g/mol. The summed E-state index contributed by atoms with van der Waals surface area (Å²) in [6, 6.07) is 11.1. The number of rotatable bonds is 7. The summed E-state index contributed by atoms with van der Waals surface area (Å²) in [4.78, 5) is 3.00. The fourth-order valence-electron chi connectivity index (χ4n) is 2.58.